The zero-order chi connectivity index (χ0) is 11.3. The van der Waals surface area contributed by atoms with Crippen LogP contribution in [0.5, 0.6) is 0 Å². The van der Waals surface area contributed by atoms with Gasteiger partial charge >= 0.3 is 0 Å². The average Bonchev–Trinajstić information content (AvgIpc) is 2.18. The molecule has 1 rings (SSSR count). The molecule has 1 aliphatic rings. The van der Waals surface area contributed by atoms with Gasteiger partial charge in [-0.05, 0) is 24.7 Å². The fraction of sp³-hybridized carbons (Fsp3) is 0.917. The summed E-state index contributed by atoms with van der Waals surface area (Å²) in [5, 5.41) is 3.44. The minimum atomic E-state index is 0.670. The van der Waals surface area contributed by atoms with Crippen molar-refractivity contribution in [1.82, 2.24) is 10.2 Å². The number of nitrogens with one attached hydrogen (secondary N) is 1. The summed E-state index contributed by atoms with van der Waals surface area (Å²) in [6.07, 6.45) is 2.65. The van der Waals surface area contributed by atoms with E-state index in [0.29, 0.717) is 5.92 Å². The number of guanidine groups is 1. The highest BCUT2D eigenvalue weighted by atomic mass is 15.3. The SMILES string of the molecule is CN=C(NCC(C)C)N1CCCC(C)C1. The van der Waals surface area contributed by atoms with Crippen LogP contribution >= 0.6 is 0 Å². The van der Waals surface area contributed by atoms with Crippen LogP contribution in [-0.4, -0.2) is 37.5 Å². The summed E-state index contributed by atoms with van der Waals surface area (Å²) in [5.41, 5.74) is 0. The summed E-state index contributed by atoms with van der Waals surface area (Å²) in [4.78, 5) is 6.74. The Labute approximate surface area is 94.0 Å². The lowest BCUT2D eigenvalue weighted by Gasteiger charge is -2.33. The van der Waals surface area contributed by atoms with Crippen LogP contribution in [0.1, 0.15) is 33.6 Å². The fourth-order valence-corrected chi connectivity index (χ4v) is 2.01. The molecule has 1 atom stereocenters. The second-order valence-electron chi connectivity index (χ2n) is 5.02. The molecule has 0 aromatic heterocycles. The molecule has 1 saturated heterocycles. The van der Waals surface area contributed by atoms with Crippen molar-refractivity contribution in [2.75, 3.05) is 26.7 Å². The van der Waals surface area contributed by atoms with Gasteiger partial charge in [0, 0.05) is 26.7 Å². The molecule has 0 aromatic carbocycles. The van der Waals surface area contributed by atoms with E-state index in [-0.39, 0.29) is 0 Å². The molecule has 1 aliphatic heterocycles. The highest BCUT2D eigenvalue weighted by Gasteiger charge is 2.18. The number of piperidine rings is 1. The van der Waals surface area contributed by atoms with Gasteiger partial charge in [0.15, 0.2) is 5.96 Å². The standard InChI is InChI=1S/C12H25N3/c1-10(2)8-14-12(13-4)15-7-5-6-11(3)9-15/h10-11H,5-9H2,1-4H3,(H,13,14). The molecular formula is C12H25N3. The van der Waals surface area contributed by atoms with E-state index < -0.39 is 0 Å². The summed E-state index contributed by atoms with van der Waals surface area (Å²) >= 11 is 0. The first-order chi connectivity index (χ1) is 7.13. The average molecular weight is 211 g/mol. The van der Waals surface area contributed by atoms with Gasteiger partial charge in [-0.2, -0.15) is 0 Å². The first-order valence-corrected chi connectivity index (χ1v) is 6.09. The van der Waals surface area contributed by atoms with Gasteiger partial charge in [-0.3, -0.25) is 4.99 Å². The van der Waals surface area contributed by atoms with Crippen LogP contribution in [-0.2, 0) is 0 Å². The molecule has 1 heterocycles. The molecule has 1 unspecified atom stereocenters. The minimum Gasteiger partial charge on any atom is -0.356 e. The number of aliphatic imine (C=N–C) groups is 1. The van der Waals surface area contributed by atoms with Gasteiger partial charge < -0.3 is 10.2 Å². The lowest BCUT2D eigenvalue weighted by atomic mass is 10.0. The number of nitrogens with zero attached hydrogens (tertiary/aromatic N) is 2. The Kier molecular flexibility index (Phi) is 4.92. The summed E-state index contributed by atoms with van der Waals surface area (Å²) < 4.78 is 0. The van der Waals surface area contributed by atoms with Gasteiger partial charge in [0.2, 0.25) is 0 Å². The maximum atomic E-state index is 4.35. The van der Waals surface area contributed by atoms with Crippen LogP contribution in [0.25, 0.3) is 0 Å². The van der Waals surface area contributed by atoms with E-state index in [4.69, 9.17) is 0 Å². The molecule has 0 spiro atoms. The van der Waals surface area contributed by atoms with Crippen molar-refractivity contribution >= 4 is 5.96 Å². The smallest absolute Gasteiger partial charge is 0.193 e. The van der Waals surface area contributed by atoms with E-state index in [1.807, 2.05) is 7.05 Å². The Morgan fingerprint density at radius 1 is 1.53 bits per heavy atom. The highest BCUT2D eigenvalue weighted by Crippen LogP contribution is 2.15. The van der Waals surface area contributed by atoms with Crippen LogP contribution in [0.4, 0.5) is 0 Å². The second kappa shape index (κ2) is 5.99. The van der Waals surface area contributed by atoms with Crippen molar-refractivity contribution in [3.63, 3.8) is 0 Å². The number of rotatable bonds is 2. The molecule has 0 aromatic rings. The summed E-state index contributed by atoms with van der Waals surface area (Å²) in [7, 11) is 1.88. The van der Waals surface area contributed by atoms with E-state index in [0.717, 1.165) is 31.5 Å². The number of hydrogen-bond acceptors (Lipinski definition) is 1. The van der Waals surface area contributed by atoms with Gasteiger partial charge in [-0.25, -0.2) is 0 Å². The van der Waals surface area contributed by atoms with Crippen molar-refractivity contribution in [2.24, 2.45) is 16.8 Å². The molecule has 0 radical (unpaired) electrons. The lowest BCUT2D eigenvalue weighted by Crippen LogP contribution is -2.47. The van der Waals surface area contributed by atoms with Crippen molar-refractivity contribution in [1.29, 1.82) is 0 Å². The molecule has 0 amide bonds. The molecule has 1 fully saturated rings. The van der Waals surface area contributed by atoms with E-state index in [1.165, 1.54) is 12.8 Å². The maximum absolute atomic E-state index is 4.35. The number of hydrogen-bond donors (Lipinski definition) is 1. The predicted molar refractivity (Wildman–Crippen MR) is 66.2 cm³/mol. The van der Waals surface area contributed by atoms with Gasteiger partial charge in [-0.15, -0.1) is 0 Å². The minimum absolute atomic E-state index is 0.670. The largest absolute Gasteiger partial charge is 0.356 e. The highest BCUT2D eigenvalue weighted by molar-refractivity contribution is 5.79. The molecule has 1 N–H and O–H groups in total. The summed E-state index contributed by atoms with van der Waals surface area (Å²) in [5.74, 6) is 2.55. The fourth-order valence-electron chi connectivity index (χ4n) is 2.01. The van der Waals surface area contributed by atoms with Crippen LogP contribution in [0.2, 0.25) is 0 Å². The van der Waals surface area contributed by atoms with E-state index in [2.05, 4.69) is 36.0 Å². The molecular weight excluding hydrogens is 186 g/mol. The molecule has 15 heavy (non-hydrogen) atoms. The summed E-state index contributed by atoms with van der Waals surface area (Å²) in [6.45, 7) is 10.1. The van der Waals surface area contributed by atoms with Crippen LogP contribution in [0.3, 0.4) is 0 Å². The third kappa shape index (κ3) is 4.10. The van der Waals surface area contributed by atoms with Crippen molar-refractivity contribution < 1.29 is 0 Å². The molecule has 0 saturated carbocycles. The zero-order valence-electron chi connectivity index (χ0n) is 10.6. The second-order valence-corrected chi connectivity index (χ2v) is 5.02. The van der Waals surface area contributed by atoms with E-state index in [9.17, 15) is 0 Å². The Bertz CT molecular complexity index is 211. The third-order valence-corrected chi connectivity index (χ3v) is 2.84. The van der Waals surface area contributed by atoms with Gasteiger partial charge in [0.1, 0.15) is 0 Å². The van der Waals surface area contributed by atoms with Crippen molar-refractivity contribution in [2.45, 2.75) is 33.6 Å². The van der Waals surface area contributed by atoms with E-state index in [1.54, 1.807) is 0 Å². The van der Waals surface area contributed by atoms with E-state index >= 15 is 0 Å². The van der Waals surface area contributed by atoms with Crippen LogP contribution in [0, 0.1) is 11.8 Å². The molecule has 3 nitrogen and oxygen atoms in total. The normalized spacial score (nSPS) is 23.4. The van der Waals surface area contributed by atoms with Gasteiger partial charge in [0.05, 0.1) is 0 Å². The first-order valence-electron chi connectivity index (χ1n) is 6.09. The van der Waals surface area contributed by atoms with Crippen molar-refractivity contribution in [3.8, 4) is 0 Å². The topological polar surface area (TPSA) is 27.6 Å². The van der Waals surface area contributed by atoms with Crippen LogP contribution in [0.15, 0.2) is 4.99 Å². The lowest BCUT2D eigenvalue weighted by molar-refractivity contribution is 0.265. The Balaban J connectivity index is 2.43. The quantitative estimate of drug-likeness (QED) is 0.558. The first kappa shape index (κ1) is 12.3. The molecule has 0 aliphatic carbocycles. The molecule has 0 bridgehead atoms. The molecule has 88 valence electrons. The van der Waals surface area contributed by atoms with Gasteiger partial charge in [-0.1, -0.05) is 20.8 Å². The molecule has 3 heteroatoms. The van der Waals surface area contributed by atoms with Gasteiger partial charge in [0.25, 0.3) is 0 Å². The predicted octanol–water partition coefficient (Wildman–Crippen LogP) is 1.95. The monoisotopic (exact) mass is 211 g/mol. The maximum Gasteiger partial charge on any atom is 0.193 e. The van der Waals surface area contributed by atoms with Crippen LogP contribution < -0.4 is 5.32 Å². The Morgan fingerprint density at radius 2 is 2.27 bits per heavy atom. The third-order valence-electron chi connectivity index (χ3n) is 2.84. The van der Waals surface area contributed by atoms with Crippen molar-refractivity contribution in [3.05, 3.63) is 0 Å². The summed E-state index contributed by atoms with van der Waals surface area (Å²) in [6, 6.07) is 0. The Hall–Kier alpha value is -0.730. The number of likely N-dealkylation sites (tertiary alicyclic amines) is 1. The zero-order valence-corrected chi connectivity index (χ0v) is 10.6. The Morgan fingerprint density at radius 3 is 2.80 bits per heavy atom.